The van der Waals surface area contributed by atoms with Gasteiger partial charge in [0.2, 0.25) is 5.91 Å². The average molecular weight is 220 g/mol. The summed E-state index contributed by atoms with van der Waals surface area (Å²) in [6.45, 7) is 1.21. The van der Waals surface area contributed by atoms with Crippen molar-refractivity contribution in [1.29, 1.82) is 0 Å². The first-order chi connectivity index (χ1) is 6.39. The quantitative estimate of drug-likeness (QED) is 0.594. The van der Waals surface area contributed by atoms with Crippen molar-refractivity contribution in [2.24, 2.45) is 0 Å². The number of hydrogen-bond acceptors (Lipinski definition) is 4. The number of sulfone groups is 1. The largest absolute Gasteiger partial charge is 0.334 e. The van der Waals surface area contributed by atoms with Gasteiger partial charge in [-0.3, -0.25) is 10.1 Å². The first-order valence-electron chi connectivity index (χ1n) is 4.17. The molecule has 0 aromatic rings. The summed E-state index contributed by atoms with van der Waals surface area (Å²) in [6, 6.07) is -1.01. The molecule has 1 rings (SSSR count). The molecule has 0 saturated carbocycles. The van der Waals surface area contributed by atoms with E-state index in [-0.39, 0.29) is 17.5 Å². The van der Waals surface area contributed by atoms with E-state index in [2.05, 4.69) is 5.32 Å². The van der Waals surface area contributed by atoms with E-state index < -0.39 is 21.8 Å². The number of rotatable bonds is 1. The molecule has 0 radical (unpaired) electrons. The van der Waals surface area contributed by atoms with Crippen LogP contribution in [0.2, 0.25) is 0 Å². The van der Waals surface area contributed by atoms with Crippen LogP contribution in [0, 0.1) is 0 Å². The predicted octanol–water partition coefficient (Wildman–Crippen LogP) is -0.981. The molecule has 1 saturated heterocycles. The minimum absolute atomic E-state index is 0.0433. The first-order valence-corrected chi connectivity index (χ1v) is 6.00. The van der Waals surface area contributed by atoms with Crippen LogP contribution in [-0.2, 0) is 14.6 Å². The zero-order valence-electron chi connectivity index (χ0n) is 7.74. The van der Waals surface area contributed by atoms with Crippen LogP contribution in [0.15, 0.2) is 0 Å². The number of urea groups is 1. The molecule has 0 aromatic heterocycles. The summed E-state index contributed by atoms with van der Waals surface area (Å²) in [5.74, 6) is -0.417. The standard InChI is InChI=1S/C7H12N2O4S/c1-5(10)8-7(11)9-6-2-3-14(12,13)4-6/h6H,2-4H2,1H3,(H2,8,9,10,11). The third-order valence-electron chi connectivity index (χ3n) is 1.86. The SMILES string of the molecule is CC(=O)NC(=O)NC1CCS(=O)(=O)C1. The average Bonchev–Trinajstić information content (AvgIpc) is 2.27. The van der Waals surface area contributed by atoms with Crippen molar-refractivity contribution in [3.63, 3.8) is 0 Å². The molecule has 1 atom stereocenters. The van der Waals surface area contributed by atoms with Crippen LogP contribution in [-0.4, -0.2) is 37.9 Å². The Bertz CT molecular complexity index is 349. The van der Waals surface area contributed by atoms with Gasteiger partial charge in [-0.1, -0.05) is 0 Å². The van der Waals surface area contributed by atoms with Crippen LogP contribution in [0.3, 0.4) is 0 Å². The molecule has 0 spiro atoms. The summed E-state index contributed by atoms with van der Waals surface area (Å²) in [7, 11) is -3.00. The summed E-state index contributed by atoms with van der Waals surface area (Å²) < 4.78 is 22.0. The van der Waals surface area contributed by atoms with E-state index in [1.165, 1.54) is 6.92 Å². The van der Waals surface area contributed by atoms with E-state index in [9.17, 15) is 18.0 Å². The van der Waals surface area contributed by atoms with Gasteiger partial charge in [0.05, 0.1) is 11.5 Å². The van der Waals surface area contributed by atoms with E-state index in [0.29, 0.717) is 6.42 Å². The molecular formula is C7H12N2O4S. The van der Waals surface area contributed by atoms with Crippen molar-refractivity contribution < 1.29 is 18.0 Å². The van der Waals surface area contributed by atoms with Crippen molar-refractivity contribution in [2.75, 3.05) is 11.5 Å². The van der Waals surface area contributed by atoms with E-state index in [1.54, 1.807) is 0 Å². The maximum atomic E-state index is 11.0. The number of carbonyl (C=O) groups excluding carboxylic acids is 2. The molecule has 2 N–H and O–H groups in total. The molecule has 1 fully saturated rings. The van der Waals surface area contributed by atoms with Crippen LogP contribution in [0.1, 0.15) is 13.3 Å². The van der Waals surface area contributed by atoms with Gasteiger partial charge in [0.15, 0.2) is 9.84 Å². The first kappa shape index (κ1) is 11.0. The lowest BCUT2D eigenvalue weighted by Gasteiger charge is -2.09. The predicted molar refractivity (Wildman–Crippen MR) is 49.4 cm³/mol. The lowest BCUT2D eigenvalue weighted by atomic mass is 10.3. The van der Waals surface area contributed by atoms with Crippen LogP contribution in [0.5, 0.6) is 0 Å². The van der Waals surface area contributed by atoms with Gasteiger partial charge >= 0.3 is 6.03 Å². The summed E-state index contributed by atoms with van der Waals surface area (Å²) in [5, 5.41) is 4.43. The van der Waals surface area contributed by atoms with E-state index in [4.69, 9.17) is 0 Å². The molecule has 6 nitrogen and oxygen atoms in total. The molecule has 14 heavy (non-hydrogen) atoms. The molecule has 1 unspecified atom stereocenters. The van der Waals surface area contributed by atoms with Gasteiger partial charge in [-0.15, -0.1) is 0 Å². The maximum Gasteiger partial charge on any atom is 0.321 e. The maximum absolute atomic E-state index is 11.0. The summed E-state index contributed by atoms with van der Waals surface area (Å²) >= 11 is 0. The van der Waals surface area contributed by atoms with Gasteiger partial charge in [-0.05, 0) is 6.42 Å². The van der Waals surface area contributed by atoms with Crippen LogP contribution in [0.4, 0.5) is 4.79 Å². The minimum atomic E-state index is -3.00. The molecule has 80 valence electrons. The Labute approximate surface area is 82.0 Å². The molecular weight excluding hydrogens is 208 g/mol. The third-order valence-corrected chi connectivity index (χ3v) is 3.63. The van der Waals surface area contributed by atoms with Crippen LogP contribution < -0.4 is 10.6 Å². The molecule has 3 amide bonds. The van der Waals surface area contributed by atoms with E-state index >= 15 is 0 Å². The second kappa shape index (κ2) is 3.95. The molecule has 0 aromatic carbocycles. The number of amides is 3. The highest BCUT2D eigenvalue weighted by atomic mass is 32.2. The van der Waals surface area contributed by atoms with Crippen molar-refractivity contribution in [3.05, 3.63) is 0 Å². The van der Waals surface area contributed by atoms with E-state index in [1.807, 2.05) is 5.32 Å². The summed E-state index contributed by atoms with van der Waals surface area (Å²) in [5.41, 5.74) is 0. The normalized spacial score (nSPS) is 24.2. The monoisotopic (exact) mass is 220 g/mol. The molecule has 1 aliphatic heterocycles. The summed E-state index contributed by atoms with van der Waals surface area (Å²) in [4.78, 5) is 21.4. The topological polar surface area (TPSA) is 92.3 Å². The number of imide groups is 1. The van der Waals surface area contributed by atoms with E-state index in [0.717, 1.165) is 0 Å². The second-order valence-electron chi connectivity index (χ2n) is 3.25. The third kappa shape index (κ3) is 3.33. The zero-order valence-corrected chi connectivity index (χ0v) is 8.56. The molecule has 0 bridgehead atoms. The number of carbonyl (C=O) groups is 2. The molecule has 1 aliphatic rings. The van der Waals surface area contributed by atoms with Gasteiger partial charge in [0.25, 0.3) is 0 Å². The lowest BCUT2D eigenvalue weighted by Crippen LogP contribution is -2.44. The Morgan fingerprint density at radius 2 is 2.00 bits per heavy atom. The number of hydrogen-bond donors (Lipinski definition) is 2. The fraction of sp³-hybridized carbons (Fsp3) is 0.714. The van der Waals surface area contributed by atoms with Crippen LogP contribution in [0.25, 0.3) is 0 Å². The lowest BCUT2D eigenvalue weighted by molar-refractivity contribution is -0.117. The van der Waals surface area contributed by atoms with Gasteiger partial charge in [0.1, 0.15) is 0 Å². The van der Waals surface area contributed by atoms with Crippen LogP contribution >= 0.6 is 0 Å². The smallest absolute Gasteiger partial charge is 0.321 e. The van der Waals surface area contributed by atoms with Crippen molar-refractivity contribution in [3.8, 4) is 0 Å². The fourth-order valence-electron chi connectivity index (χ4n) is 1.29. The highest BCUT2D eigenvalue weighted by Gasteiger charge is 2.28. The Kier molecular flexibility index (Phi) is 3.10. The molecule has 0 aliphatic carbocycles. The highest BCUT2D eigenvalue weighted by Crippen LogP contribution is 2.10. The van der Waals surface area contributed by atoms with Gasteiger partial charge in [-0.25, -0.2) is 13.2 Å². The van der Waals surface area contributed by atoms with Gasteiger partial charge in [0, 0.05) is 13.0 Å². The van der Waals surface area contributed by atoms with Crippen molar-refractivity contribution in [2.45, 2.75) is 19.4 Å². The fourth-order valence-corrected chi connectivity index (χ4v) is 2.96. The Morgan fingerprint density at radius 1 is 1.36 bits per heavy atom. The second-order valence-corrected chi connectivity index (χ2v) is 5.48. The molecule has 7 heteroatoms. The van der Waals surface area contributed by atoms with Gasteiger partial charge in [-0.2, -0.15) is 0 Å². The van der Waals surface area contributed by atoms with Gasteiger partial charge < -0.3 is 5.32 Å². The van der Waals surface area contributed by atoms with Crippen molar-refractivity contribution in [1.82, 2.24) is 10.6 Å². The van der Waals surface area contributed by atoms with Crippen molar-refractivity contribution >= 4 is 21.8 Å². The Balaban J connectivity index is 2.40. The minimum Gasteiger partial charge on any atom is -0.334 e. The zero-order chi connectivity index (χ0) is 10.8. The highest BCUT2D eigenvalue weighted by molar-refractivity contribution is 7.91. The molecule has 1 heterocycles. The Morgan fingerprint density at radius 3 is 2.43 bits per heavy atom. The Hall–Kier alpha value is -1.11. The summed E-state index contributed by atoms with van der Waals surface area (Å²) in [6.07, 6.45) is 0.410. The number of nitrogens with one attached hydrogen (secondary N) is 2.